The van der Waals surface area contributed by atoms with Gasteiger partial charge in [-0.2, -0.15) is 0 Å². The molecule has 3 aromatic carbocycles. The molecule has 0 aromatic heterocycles. The lowest BCUT2D eigenvalue weighted by molar-refractivity contribution is -0.126. The smallest absolute Gasteiger partial charge is 0.266 e. The number of carbonyl (C=O) groups excluding carboxylic acids is 2. The monoisotopic (exact) mass is 474 g/mol. The molecule has 166 valence electrons. The molecule has 7 heteroatoms. The van der Waals surface area contributed by atoms with Gasteiger partial charge in [0, 0.05) is 5.69 Å². The van der Waals surface area contributed by atoms with E-state index >= 15 is 0 Å². The average molecular weight is 475 g/mol. The third-order valence-electron chi connectivity index (χ3n) is 4.94. The topological polar surface area (TPSA) is 58.6 Å². The Morgan fingerprint density at radius 2 is 1.67 bits per heavy atom. The van der Waals surface area contributed by atoms with Crippen molar-refractivity contribution >= 4 is 51.9 Å². The second-order valence-corrected chi connectivity index (χ2v) is 8.94. The third kappa shape index (κ3) is 5.69. The van der Waals surface area contributed by atoms with Crippen molar-refractivity contribution in [2.75, 3.05) is 18.5 Å². The van der Waals surface area contributed by atoms with Crippen molar-refractivity contribution in [3.05, 3.63) is 89.3 Å². The van der Waals surface area contributed by atoms with Crippen molar-refractivity contribution in [2.45, 2.75) is 6.92 Å². The summed E-state index contributed by atoms with van der Waals surface area (Å²) in [7, 11) is 0. The summed E-state index contributed by atoms with van der Waals surface area (Å²) in [4.78, 5) is 27.2. The molecule has 2 amide bonds. The lowest BCUT2D eigenvalue weighted by atomic mass is 10.1. The fourth-order valence-electron chi connectivity index (χ4n) is 3.34. The van der Waals surface area contributed by atoms with Gasteiger partial charge in [0.2, 0.25) is 5.91 Å². The van der Waals surface area contributed by atoms with Crippen LogP contribution in [0.15, 0.2) is 83.8 Å². The van der Waals surface area contributed by atoms with Gasteiger partial charge >= 0.3 is 0 Å². The highest BCUT2D eigenvalue weighted by Gasteiger charge is 2.33. The Bertz CT molecular complexity index is 1190. The van der Waals surface area contributed by atoms with Crippen LogP contribution in [0.1, 0.15) is 12.5 Å². The Labute approximate surface area is 202 Å². The summed E-state index contributed by atoms with van der Waals surface area (Å²) in [5.41, 5.74) is 3.69. The Kier molecular flexibility index (Phi) is 7.22. The van der Waals surface area contributed by atoms with Crippen molar-refractivity contribution in [1.29, 1.82) is 0 Å². The first-order valence-corrected chi connectivity index (χ1v) is 11.7. The van der Waals surface area contributed by atoms with Crippen LogP contribution in [-0.2, 0) is 9.59 Å². The predicted molar refractivity (Wildman–Crippen MR) is 138 cm³/mol. The van der Waals surface area contributed by atoms with Crippen molar-refractivity contribution < 1.29 is 14.3 Å². The molecule has 1 N–H and O–H groups in total. The molecule has 0 bridgehead atoms. The van der Waals surface area contributed by atoms with Gasteiger partial charge in [-0.25, -0.2) is 0 Å². The predicted octanol–water partition coefficient (Wildman–Crippen LogP) is 5.59. The fraction of sp³-hybridized carbons (Fsp3) is 0.115. The van der Waals surface area contributed by atoms with Crippen LogP contribution in [0.5, 0.6) is 5.75 Å². The largest absolute Gasteiger partial charge is 0.494 e. The van der Waals surface area contributed by atoms with Crippen LogP contribution in [0.25, 0.3) is 17.2 Å². The second kappa shape index (κ2) is 10.5. The number of hydrogen-bond acceptors (Lipinski definition) is 5. The molecule has 1 saturated heterocycles. The molecule has 33 heavy (non-hydrogen) atoms. The summed E-state index contributed by atoms with van der Waals surface area (Å²) in [5.74, 6) is 0.199. The van der Waals surface area contributed by atoms with E-state index in [2.05, 4.69) is 5.32 Å². The van der Waals surface area contributed by atoms with E-state index in [1.807, 2.05) is 85.8 Å². The molecule has 4 rings (SSSR count). The maximum absolute atomic E-state index is 12.8. The number of ether oxygens (including phenoxy) is 1. The third-order valence-corrected chi connectivity index (χ3v) is 6.32. The highest BCUT2D eigenvalue weighted by Crippen LogP contribution is 2.32. The van der Waals surface area contributed by atoms with Gasteiger partial charge in [0.05, 0.1) is 11.5 Å². The molecular formula is C26H22N2O3S2. The van der Waals surface area contributed by atoms with E-state index in [1.54, 1.807) is 6.08 Å². The first kappa shape index (κ1) is 22.8. The van der Waals surface area contributed by atoms with E-state index in [4.69, 9.17) is 17.0 Å². The van der Waals surface area contributed by atoms with Gasteiger partial charge in [-0.1, -0.05) is 78.6 Å². The molecule has 0 radical (unpaired) electrons. The molecule has 5 nitrogen and oxygen atoms in total. The van der Waals surface area contributed by atoms with Gasteiger partial charge in [0.1, 0.15) is 16.6 Å². The number of rotatable bonds is 7. The molecular weight excluding hydrogens is 452 g/mol. The Morgan fingerprint density at radius 3 is 2.33 bits per heavy atom. The number of amides is 2. The van der Waals surface area contributed by atoms with E-state index in [1.165, 1.54) is 16.7 Å². The minimum absolute atomic E-state index is 0.133. The SMILES string of the molecule is CCOc1ccc(/C=C2\SC(=S)N(CC(=O)Nc3ccc(-c4ccccc4)cc3)C2=O)cc1. The zero-order valence-electron chi connectivity index (χ0n) is 18.0. The minimum Gasteiger partial charge on any atom is -0.494 e. The number of carbonyl (C=O) groups is 2. The summed E-state index contributed by atoms with van der Waals surface area (Å²) in [6.07, 6.45) is 1.77. The normalized spacial score (nSPS) is 14.6. The van der Waals surface area contributed by atoms with Gasteiger partial charge in [-0.15, -0.1) is 0 Å². The first-order chi connectivity index (χ1) is 16.0. The molecule has 1 aliphatic rings. The lowest BCUT2D eigenvalue weighted by Gasteiger charge is -2.14. The Morgan fingerprint density at radius 1 is 1.00 bits per heavy atom. The number of nitrogens with one attached hydrogen (secondary N) is 1. The second-order valence-electron chi connectivity index (χ2n) is 7.26. The highest BCUT2D eigenvalue weighted by atomic mass is 32.2. The summed E-state index contributed by atoms with van der Waals surface area (Å²) in [5, 5.41) is 2.84. The zero-order valence-corrected chi connectivity index (χ0v) is 19.6. The number of thiocarbonyl (C=S) groups is 1. The molecule has 1 heterocycles. The number of anilines is 1. The number of benzene rings is 3. The molecule has 0 saturated carbocycles. The van der Waals surface area contributed by atoms with Crippen LogP contribution >= 0.6 is 24.0 Å². The maximum atomic E-state index is 12.8. The molecule has 1 aliphatic heterocycles. The van der Waals surface area contributed by atoms with Crippen molar-refractivity contribution in [3.63, 3.8) is 0 Å². The van der Waals surface area contributed by atoms with Crippen LogP contribution in [-0.4, -0.2) is 34.2 Å². The van der Waals surface area contributed by atoms with Crippen LogP contribution in [0.4, 0.5) is 5.69 Å². The molecule has 0 spiro atoms. The molecule has 1 fully saturated rings. The highest BCUT2D eigenvalue weighted by molar-refractivity contribution is 8.26. The standard InChI is InChI=1S/C26H22N2O3S2/c1-2-31-22-14-8-18(9-15-22)16-23-25(30)28(26(32)33-23)17-24(29)27-21-12-10-20(11-13-21)19-6-4-3-5-7-19/h3-16H,2,17H2,1H3,(H,27,29)/b23-16-. The average Bonchev–Trinajstić information content (AvgIpc) is 3.09. The number of hydrogen-bond donors (Lipinski definition) is 1. The lowest BCUT2D eigenvalue weighted by Crippen LogP contribution is -2.36. The van der Waals surface area contributed by atoms with Gasteiger partial charge in [-0.05, 0) is 54.0 Å². The van der Waals surface area contributed by atoms with Crippen LogP contribution in [0, 0.1) is 0 Å². The van der Waals surface area contributed by atoms with E-state index < -0.39 is 0 Å². The maximum Gasteiger partial charge on any atom is 0.266 e. The minimum atomic E-state index is -0.305. The molecule has 3 aromatic rings. The van der Waals surface area contributed by atoms with E-state index in [-0.39, 0.29) is 18.4 Å². The van der Waals surface area contributed by atoms with E-state index in [9.17, 15) is 9.59 Å². The van der Waals surface area contributed by atoms with Crippen LogP contribution < -0.4 is 10.1 Å². The Hall–Kier alpha value is -3.42. The van der Waals surface area contributed by atoms with Gasteiger partial charge in [0.15, 0.2) is 0 Å². The molecule has 0 unspecified atom stereocenters. The summed E-state index contributed by atoms with van der Waals surface area (Å²) < 4.78 is 5.81. The zero-order chi connectivity index (χ0) is 23.2. The van der Waals surface area contributed by atoms with Crippen molar-refractivity contribution in [2.24, 2.45) is 0 Å². The fourth-order valence-corrected chi connectivity index (χ4v) is 4.59. The van der Waals surface area contributed by atoms with Gasteiger partial charge in [-0.3, -0.25) is 14.5 Å². The molecule has 0 aliphatic carbocycles. The quantitative estimate of drug-likeness (QED) is 0.357. The van der Waals surface area contributed by atoms with E-state index in [0.29, 0.717) is 21.5 Å². The summed E-state index contributed by atoms with van der Waals surface area (Å²) >= 11 is 6.54. The van der Waals surface area contributed by atoms with Gasteiger partial charge in [0.25, 0.3) is 5.91 Å². The van der Waals surface area contributed by atoms with Gasteiger partial charge < -0.3 is 10.1 Å². The van der Waals surface area contributed by atoms with E-state index in [0.717, 1.165) is 22.4 Å². The summed E-state index contributed by atoms with van der Waals surface area (Å²) in [6.45, 7) is 2.39. The Balaban J connectivity index is 1.38. The van der Waals surface area contributed by atoms with Crippen molar-refractivity contribution in [1.82, 2.24) is 4.90 Å². The van der Waals surface area contributed by atoms with Crippen LogP contribution in [0.3, 0.4) is 0 Å². The summed E-state index contributed by atoms with van der Waals surface area (Å²) in [6, 6.07) is 25.1. The number of nitrogens with zero attached hydrogens (tertiary/aromatic N) is 1. The first-order valence-electron chi connectivity index (χ1n) is 10.5. The van der Waals surface area contributed by atoms with Crippen LogP contribution in [0.2, 0.25) is 0 Å². The van der Waals surface area contributed by atoms with Crippen molar-refractivity contribution in [3.8, 4) is 16.9 Å². The molecule has 0 atom stereocenters. The number of thioether (sulfide) groups is 1.